The van der Waals surface area contributed by atoms with Crippen LogP contribution in [0.5, 0.6) is 0 Å². The van der Waals surface area contributed by atoms with Gasteiger partial charge in [-0.2, -0.15) is 8.42 Å². The van der Waals surface area contributed by atoms with E-state index < -0.39 is 16.0 Å². The first kappa shape index (κ1) is 39.1. The molecule has 0 N–H and O–H groups in total. The Bertz CT molecular complexity index is 801. The van der Waals surface area contributed by atoms with Gasteiger partial charge in [0.1, 0.15) is 5.60 Å². The van der Waals surface area contributed by atoms with Crippen molar-refractivity contribution in [2.45, 2.75) is 168 Å². The van der Waals surface area contributed by atoms with Crippen molar-refractivity contribution in [2.75, 3.05) is 6.61 Å². The molecule has 0 aliphatic carbocycles. The van der Waals surface area contributed by atoms with Crippen molar-refractivity contribution in [3.63, 3.8) is 0 Å². The van der Waals surface area contributed by atoms with Crippen LogP contribution in [0.3, 0.4) is 0 Å². The fourth-order valence-corrected chi connectivity index (χ4v) is 6.17. The molecule has 4 nitrogen and oxygen atoms in total. The third-order valence-corrected chi connectivity index (χ3v) is 8.58. The molecule has 0 bridgehead atoms. The van der Waals surface area contributed by atoms with Crippen LogP contribution in [-0.4, -0.2) is 15.0 Å². The molecule has 0 fully saturated rings. The molecule has 1 rings (SSSR count). The third kappa shape index (κ3) is 20.6. The Balaban J connectivity index is 0. The Morgan fingerprint density at radius 2 is 1.05 bits per heavy atom. The van der Waals surface area contributed by atoms with Crippen molar-refractivity contribution in [1.29, 1.82) is 0 Å². The van der Waals surface area contributed by atoms with Crippen LogP contribution in [0.15, 0.2) is 24.3 Å². The molecule has 1 aromatic carbocycles. The molecule has 0 heterocycles. The van der Waals surface area contributed by atoms with Crippen LogP contribution in [0.1, 0.15) is 169 Å². The Morgan fingerprint density at radius 1 is 0.641 bits per heavy atom. The van der Waals surface area contributed by atoms with Crippen molar-refractivity contribution < 1.29 is 47.8 Å². The Morgan fingerprint density at radius 3 is 1.54 bits per heavy atom. The molecule has 224 valence electrons. The summed E-state index contributed by atoms with van der Waals surface area (Å²) in [6.45, 7) is 8.35. The fourth-order valence-electron chi connectivity index (χ4n) is 5.20. The van der Waals surface area contributed by atoms with Gasteiger partial charge in [-0.15, -0.1) is 0 Å². The minimum absolute atomic E-state index is 0. The number of hydrogen-bond acceptors (Lipinski definition) is 4. The second kappa shape index (κ2) is 24.7. The standard InChI is InChI=1S/C33H60O4S.Na.H/c1-5-7-9-11-13-15-17-19-21-23-27-31-28-24-25-29-32(31)33(3,4)37-38(34,35)36-30-26-22-20-18-16-14-12-10-8-6-2;;/h24-25,28-29H,5-23,26-27,30H2,1-4H3;;/q;+1;-1. The third-order valence-electron chi connectivity index (χ3n) is 7.50. The molecule has 39 heavy (non-hydrogen) atoms. The van der Waals surface area contributed by atoms with Gasteiger partial charge in [0.25, 0.3) is 0 Å². The first-order valence-electron chi connectivity index (χ1n) is 16.0. The summed E-state index contributed by atoms with van der Waals surface area (Å²) in [5.74, 6) is 0. The summed E-state index contributed by atoms with van der Waals surface area (Å²) < 4.78 is 36.0. The number of benzene rings is 1. The van der Waals surface area contributed by atoms with E-state index in [1.165, 1.54) is 108 Å². The average molecular weight is 577 g/mol. The predicted molar refractivity (Wildman–Crippen MR) is 164 cm³/mol. The summed E-state index contributed by atoms with van der Waals surface area (Å²) >= 11 is 0. The molecule has 6 heteroatoms. The first-order chi connectivity index (χ1) is 18.3. The van der Waals surface area contributed by atoms with E-state index in [0.717, 1.165) is 37.7 Å². The molecule has 0 saturated carbocycles. The summed E-state index contributed by atoms with van der Waals surface area (Å²) in [5, 5.41) is 0. The molecular weight excluding hydrogens is 515 g/mol. The molecule has 0 aromatic heterocycles. The zero-order chi connectivity index (χ0) is 28.0. The maximum atomic E-state index is 12.6. The van der Waals surface area contributed by atoms with E-state index in [1.807, 2.05) is 32.0 Å². The van der Waals surface area contributed by atoms with Gasteiger partial charge in [0, 0.05) is 0 Å². The van der Waals surface area contributed by atoms with Crippen LogP contribution < -0.4 is 29.6 Å². The van der Waals surface area contributed by atoms with E-state index >= 15 is 0 Å². The van der Waals surface area contributed by atoms with Gasteiger partial charge in [-0.3, -0.25) is 0 Å². The van der Waals surface area contributed by atoms with Gasteiger partial charge < -0.3 is 1.43 Å². The van der Waals surface area contributed by atoms with Gasteiger partial charge in [0.15, 0.2) is 0 Å². The number of unbranched alkanes of at least 4 members (excludes halogenated alkanes) is 18. The van der Waals surface area contributed by atoms with Crippen molar-refractivity contribution in [2.24, 2.45) is 0 Å². The van der Waals surface area contributed by atoms with Crippen molar-refractivity contribution >= 4 is 10.4 Å². The predicted octanol–water partition coefficient (Wildman–Crippen LogP) is 7.70. The van der Waals surface area contributed by atoms with E-state index in [0.29, 0.717) is 0 Å². The van der Waals surface area contributed by atoms with E-state index in [9.17, 15) is 8.42 Å². The van der Waals surface area contributed by atoms with Crippen LogP contribution in [-0.2, 0) is 30.8 Å². The number of rotatable bonds is 26. The maximum absolute atomic E-state index is 12.6. The Labute approximate surface area is 266 Å². The molecule has 0 radical (unpaired) electrons. The van der Waals surface area contributed by atoms with Crippen LogP contribution in [0.2, 0.25) is 0 Å². The van der Waals surface area contributed by atoms with Gasteiger partial charge in [-0.1, -0.05) is 154 Å². The van der Waals surface area contributed by atoms with Gasteiger partial charge in [-0.25, -0.2) is 8.37 Å². The second-order valence-electron chi connectivity index (χ2n) is 11.6. The van der Waals surface area contributed by atoms with Crippen LogP contribution >= 0.6 is 0 Å². The SMILES string of the molecule is CCCCCCCCCCCCOS(=O)(=O)OC(C)(C)c1ccccc1CCCCCCCCCCCC.[H-].[Na+]. The van der Waals surface area contributed by atoms with Crippen molar-refractivity contribution in [1.82, 2.24) is 0 Å². The molecule has 0 amide bonds. The Kier molecular flexibility index (Phi) is 24.7. The molecule has 0 unspecified atom stereocenters. The smallest absolute Gasteiger partial charge is 1.00 e. The molecule has 0 aliphatic rings. The minimum Gasteiger partial charge on any atom is -1.00 e. The molecule has 0 atom stereocenters. The quantitative estimate of drug-likeness (QED) is 0.0838. The second-order valence-corrected chi connectivity index (χ2v) is 12.8. The summed E-state index contributed by atoms with van der Waals surface area (Å²) in [6.07, 6.45) is 26.0. The fraction of sp³-hybridized carbons (Fsp3) is 0.818. The monoisotopic (exact) mass is 576 g/mol. The number of aryl methyl sites for hydroxylation is 1. The molecule has 0 saturated heterocycles. The molecule has 0 spiro atoms. The van der Waals surface area contributed by atoms with Gasteiger partial charge >= 0.3 is 40.0 Å². The van der Waals surface area contributed by atoms with Crippen LogP contribution in [0.25, 0.3) is 0 Å². The van der Waals surface area contributed by atoms with Crippen LogP contribution in [0.4, 0.5) is 0 Å². The molecule has 1 aromatic rings. The molecule has 0 aliphatic heterocycles. The zero-order valence-electron chi connectivity index (χ0n) is 27.4. The van der Waals surface area contributed by atoms with E-state index in [4.69, 9.17) is 8.37 Å². The number of hydrogen-bond donors (Lipinski definition) is 0. The van der Waals surface area contributed by atoms with Gasteiger partial charge in [-0.05, 0) is 44.2 Å². The summed E-state index contributed by atoms with van der Waals surface area (Å²) in [6, 6.07) is 8.08. The minimum atomic E-state index is -4.06. The maximum Gasteiger partial charge on any atom is 1.00 e. The normalized spacial score (nSPS) is 12.0. The van der Waals surface area contributed by atoms with E-state index in [-0.39, 0.29) is 37.6 Å². The van der Waals surface area contributed by atoms with Crippen molar-refractivity contribution in [3.05, 3.63) is 35.4 Å². The van der Waals surface area contributed by atoms with E-state index in [1.54, 1.807) is 0 Å². The largest absolute Gasteiger partial charge is 1.00 e. The van der Waals surface area contributed by atoms with Crippen molar-refractivity contribution in [3.8, 4) is 0 Å². The zero-order valence-corrected chi connectivity index (χ0v) is 29.2. The van der Waals surface area contributed by atoms with Gasteiger partial charge in [0.05, 0.1) is 6.61 Å². The summed E-state index contributed by atoms with van der Waals surface area (Å²) in [5.41, 5.74) is 1.13. The summed E-state index contributed by atoms with van der Waals surface area (Å²) in [4.78, 5) is 0. The van der Waals surface area contributed by atoms with E-state index in [2.05, 4.69) is 19.9 Å². The average Bonchev–Trinajstić information content (AvgIpc) is 2.88. The van der Waals surface area contributed by atoms with Gasteiger partial charge in [0.2, 0.25) is 0 Å². The summed E-state index contributed by atoms with van der Waals surface area (Å²) in [7, 11) is -4.06. The Hall–Kier alpha value is 0.0900. The first-order valence-corrected chi connectivity index (χ1v) is 17.3. The van der Waals surface area contributed by atoms with Crippen LogP contribution in [0, 0.1) is 0 Å². The topological polar surface area (TPSA) is 52.6 Å². The molecular formula is C33H61NaO4S.